The number of nitriles is 1. The van der Waals surface area contributed by atoms with E-state index in [0.717, 1.165) is 10.2 Å². The second-order valence-corrected chi connectivity index (χ2v) is 6.29. The number of carbonyl (C=O) groups is 1. The largest absolute Gasteiger partial charge is 0.476 e. The molecule has 0 aliphatic rings. The minimum absolute atomic E-state index is 0.0987. The lowest BCUT2D eigenvalue weighted by atomic mass is 10.1. The minimum atomic E-state index is -1.41. The number of hydrogen-bond donors (Lipinski definition) is 1. The van der Waals surface area contributed by atoms with Gasteiger partial charge in [0.2, 0.25) is 0 Å². The zero-order chi connectivity index (χ0) is 21.8. The topological polar surface area (TPSA) is 139 Å². The molecular formula is C21H14N4O5. The molecule has 30 heavy (non-hydrogen) atoms. The number of aromatic carboxylic acids is 1. The van der Waals surface area contributed by atoms with Gasteiger partial charge in [-0.05, 0) is 36.8 Å². The van der Waals surface area contributed by atoms with Crippen molar-refractivity contribution in [1.29, 1.82) is 5.26 Å². The molecule has 3 rings (SSSR count). The number of carboxylic acids is 1. The molecule has 0 bridgehead atoms. The van der Waals surface area contributed by atoms with Gasteiger partial charge >= 0.3 is 5.97 Å². The Labute approximate surface area is 169 Å². The number of aryl methyl sites for hydroxylation is 1. The summed E-state index contributed by atoms with van der Waals surface area (Å²) >= 11 is 0. The highest BCUT2D eigenvalue weighted by Crippen LogP contribution is 2.18. The number of benzene rings is 2. The maximum atomic E-state index is 12.8. The fraction of sp³-hybridized carbons (Fsp3) is 0.0476. The summed E-state index contributed by atoms with van der Waals surface area (Å²) in [6, 6.07) is 13.9. The number of non-ortho nitro benzene ring substituents is 1. The predicted molar refractivity (Wildman–Crippen MR) is 108 cm³/mol. The van der Waals surface area contributed by atoms with Gasteiger partial charge in [0.25, 0.3) is 11.2 Å². The lowest BCUT2D eigenvalue weighted by Crippen LogP contribution is -2.28. The van der Waals surface area contributed by atoms with Crippen molar-refractivity contribution in [3.8, 4) is 11.8 Å². The number of nitrogens with zero attached hydrogens (tertiary/aromatic N) is 4. The first-order valence-corrected chi connectivity index (χ1v) is 8.62. The second-order valence-electron chi connectivity index (χ2n) is 6.29. The lowest BCUT2D eigenvalue weighted by Gasteiger charge is -2.10. The second kappa shape index (κ2) is 8.20. The summed E-state index contributed by atoms with van der Waals surface area (Å²) in [4.78, 5) is 34.8. The Kier molecular flexibility index (Phi) is 5.51. The summed E-state index contributed by atoms with van der Waals surface area (Å²) in [5.74, 6) is -1.41. The molecule has 0 fully saturated rings. The molecule has 0 aliphatic carbocycles. The fourth-order valence-electron chi connectivity index (χ4n) is 2.71. The molecule has 0 spiro atoms. The van der Waals surface area contributed by atoms with Crippen molar-refractivity contribution in [2.75, 3.05) is 0 Å². The summed E-state index contributed by atoms with van der Waals surface area (Å²) in [7, 11) is 0. The van der Waals surface area contributed by atoms with Crippen LogP contribution in [0.4, 0.5) is 5.69 Å². The molecular weight excluding hydrogens is 388 g/mol. The van der Waals surface area contributed by atoms with Gasteiger partial charge in [0.05, 0.1) is 10.6 Å². The number of hydrogen-bond acceptors (Lipinski definition) is 6. The summed E-state index contributed by atoms with van der Waals surface area (Å²) in [5.41, 5.74) is -0.0525. The van der Waals surface area contributed by atoms with Gasteiger partial charge in [0, 0.05) is 17.7 Å². The van der Waals surface area contributed by atoms with Gasteiger partial charge in [-0.1, -0.05) is 29.8 Å². The fourth-order valence-corrected chi connectivity index (χ4v) is 2.71. The normalized spacial score (nSPS) is 10.7. The van der Waals surface area contributed by atoms with E-state index in [1.54, 1.807) is 30.3 Å². The van der Waals surface area contributed by atoms with E-state index >= 15 is 0 Å². The van der Waals surface area contributed by atoms with Crippen molar-refractivity contribution in [2.45, 2.75) is 6.92 Å². The molecule has 1 aromatic heterocycles. The van der Waals surface area contributed by atoms with Crippen LogP contribution in [0.25, 0.3) is 17.8 Å². The Morgan fingerprint density at radius 2 is 1.80 bits per heavy atom. The van der Waals surface area contributed by atoms with Crippen LogP contribution in [0, 0.1) is 28.4 Å². The van der Waals surface area contributed by atoms with Crippen LogP contribution in [-0.2, 0) is 0 Å². The Hall–Kier alpha value is -4.58. The first-order valence-electron chi connectivity index (χ1n) is 8.62. The molecule has 0 amide bonds. The highest BCUT2D eigenvalue weighted by atomic mass is 16.6. The molecule has 9 heteroatoms. The van der Waals surface area contributed by atoms with Crippen molar-refractivity contribution < 1.29 is 14.8 Å². The number of aromatic nitrogens is 2. The van der Waals surface area contributed by atoms with Gasteiger partial charge < -0.3 is 5.11 Å². The number of nitro benzene ring substituents is 1. The molecule has 148 valence electrons. The van der Waals surface area contributed by atoms with Gasteiger partial charge in [-0.15, -0.1) is 0 Å². The monoisotopic (exact) mass is 402 g/mol. The van der Waals surface area contributed by atoms with Crippen LogP contribution in [0.2, 0.25) is 0 Å². The molecule has 1 N–H and O–H groups in total. The third-order valence-corrected chi connectivity index (χ3v) is 4.27. The van der Waals surface area contributed by atoms with Gasteiger partial charge in [-0.3, -0.25) is 14.9 Å². The van der Waals surface area contributed by atoms with E-state index in [1.165, 1.54) is 36.4 Å². The van der Waals surface area contributed by atoms with Crippen LogP contribution in [0.15, 0.2) is 53.3 Å². The van der Waals surface area contributed by atoms with Crippen LogP contribution in [0.1, 0.15) is 32.7 Å². The Bertz CT molecular complexity index is 1270. The van der Waals surface area contributed by atoms with Crippen LogP contribution < -0.4 is 5.56 Å². The van der Waals surface area contributed by atoms with E-state index in [0.29, 0.717) is 11.3 Å². The molecule has 0 saturated heterocycles. The van der Waals surface area contributed by atoms with E-state index in [4.69, 9.17) is 0 Å². The predicted octanol–water partition coefficient (Wildman–Crippen LogP) is 3.19. The van der Waals surface area contributed by atoms with Crippen molar-refractivity contribution >= 4 is 23.8 Å². The van der Waals surface area contributed by atoms with Crippen molar-refractivity contribution in [1.82, 2.24) is 9.78 Å². The molecule has 0 aliphatic heterocycles. The van der Waals surface area contributed by atoms with Gasteiger partial charge in [0.1, 0.15) is 11.6 Å². The maximum absolute atomic E-state index is 12.8. The smallest absolute Gasteiger partial charge is 0.357 e. The van der Waals surface area contributed by atoms with Crippen LogP contribution in [0.5, 0.6) is 0 Å². The van der Waals surface area contributed by atoms with Gasteiger partial charge in [-0.25, -0.2) is 4.79 Å². The van der Waals surface area contributed by atoms with E-state index < -0.39 is 22.1 Å². The van der Waals surface area contributed by atoms with Crippen LogP contribution in [-0.4, -0.2) is 25.8 Å². The Morgan fingerprint density at radius 3 is 2.33 bits per heavy atom. The zero-order valence-corrected chi connectivity index (χ0v) is 15.6. The molecule has 1 heterocycles. The lowest BCUT2D eigenvalue weighted by molar-refractivity contribution is -0.384. The average Bonchev–Trinajstić information content (AvgIpc) is 2.73. The third-order valence-electron chi connectivity index (χ3n) is 4.27. The van der Waals surface area contributed by atoms with Crippen molar-refractivity contribution in [3.05, 3.63) is 96.9 Å². The molecule has 0 atom stereocenters. The highest BCUT2D eigenvalue weighted by molar-refractivity contribution is 5.92. The SMILES string of the molecule is Cc1ccc(-n2nc(C(=O)O)c(/C=C\c3ccc([N+](=O)[O-])cc3)c(C#N)c2=O)cc1. The summed E-state index contributed by atoms with van der Waals surface area (Å²) in [6.07, 6.45) is 2.74. The van der Waals surface area contributed by atoms with Gasteiger partial charge in [-0.2, -0.15) is 15.0 Å². The zero-order valence-electron chi connectivity index (χ0n) is 15.6. The molecule has 9 nitrogen and oxygen atoms in total. The minimum Gasteiger partial charge on any atom is -0.476 e. The number of rotatable bonds is 5. The van der Waals surface area contributed by atoms with Gasteiger partial charge in [0.15, 0.2) is 5.69 Å². The molecule has 0 saturated carbocycles. The molecule has 2 aromatic carbocycles. The molecule has 0 radical (unpaired) electrons. The first kappa shape index (κ1) is 20.2. The molecule has 3 aromatic rings. The first-order chi connectivity index (χ1) is 14.3. The number of nitro groups is 1. The van der Waals surface area contributed by atoms with E-state index in [9.17, 15) is 30.1 Å². The van der Waals surface area contributed by atoms with E-state index in [1.807, 2.05) is 6.92 Å². The third kappa shape index (κ3) is 3.98. The van der Waals surface area contributed by atoms with Crippen LogP contribution in [0.3, 0.4) is 0 Å². The highest BCUT2D eigenvalue weighted by Gasteiger charge is 2.21. The average molecular weight is 402 g/mol. The van der Waals surface area contributed by atoms with Crippen molar-refractivity contribution in [3.63, 3.8) is 0 Å². The van der Waals surface area contributed by atoms with E-state index in [-0.39, 0.29) is 16.8 Å². The Balaban J connectivity index is 2.14. The van der Waals surface area contributed by atoms with E-state index in [2.05, 4.69) is 5.10 Å². The summed E-state index contributed by atoms with van der Waals surface area (Å²) < 4.78 is 0.880. The maximum Gasteiger partial charge on any atom is 0.357 e. The summed E-state index contributed by atoms with van der Waals surface area (Å²) in [6.45, 7) is 1.86. The number of carboxylic acid groups (broad SMARTS) is 1. The quantitative estimate of drug-likeness (QED) is 0.510. The summed E-state index contributed by atoms with van der Waals surface area (Å²) in [5, 5.41) is 33.8. The Morgan fingerprint density at radius 1 is 1.17 bits per heavy atom. The molecule has 0 unspecified atom stereocenters. The van der Waals surface area contributed by atoms with Crippen molar-refractivity contribution in [2.24, 2.45) is 0 Å². The van der Waals surface area contributed by atoms with Crippen LogP contribution >= 0.6 is 0 Å². The standard InChI is InChI=1S/C21H14N4O5/c1-13-2-7-15(8-3-13)24-20(26)18(12-22)17(19(23-24)21(27)28)11-6-14-4-9-16(10-5-14)25(29)30/h2-11H,1H3,(H,27,28)/b11-6-.